The van der Waals surface area contributed by atoms with Crippen molar-refractivity contribution in [1.29, 1.82) is 0 Å². The van der Waals surface area contributed by atoms with E-state index in [1.54, 1.807) is 44.8 Å². The molecule has 1 aromatic carbocycles. The number of benzene rings is 1. The van der Waals surface area contributed by atoms with Crippen molar-refractivity contribution in [3.8, 4) is 17.2 Å². The summed E-state index contributed by atoms with van der Waals surface area (Å²) < 4.78 is 16.0. The van der Waals surface area contributed by atoms with Crippen LogP contribution in [0.3, 0.4) is 0 Å². The Labute approximate surface area is 145 Å². The van der Waals surface area contributed by atoms with Crippen molar-refractivity contribution in [2.75, 3.05) is 21.3 Å². The van der Waals surface area contributed by atoms with Crippen LogP contribution in [0.25, 0.3) is 0 Å². The molecule has 1 aliphatic carbocycles. The number of amides is 1. The number of ether oxygens (including phenoxy) is 3. The fourth-order valence-electron chi connectivity index (χ4n) is 2.69. The Morgan fingerprint density at radius 2 is 1.83 bits per heavy atom. The maximum atomic E-state index is 13.1. The molecule has 3 rings (SSSR count). The van der Waals surface area contributed by atoms with Crippen molar-refractivity contribution < 1.29 is 19.0 Å². The molecule has 1 aromatic heterocycles. The highest BCUT2D eigenvalue weighted by molar-refractivity contribution is 7.09. The van der Waals surface area contributed by atoms with Crippen molar-refractivity contribution in [3.63, 3.8) is 0 Å². The van der Waals surface area contributed by atoms with Gasteiger partial charge in [0.1, 0.15) is 0 Å². The van der Waals surface area contributed by atoms with Crippen molar-refractivity contribution in [2.24, 2.45) is 0 Å². The Hall–Kier alpha value is -2.21. The van der Waals surface area contributed by atoms with Gasteiger partial charge in [0, 0.05) is 16.5 Å². The minimum atomic E-state index is -0.00912. The van der Waals surface area contributed by atoms with Gasteiger partial charge in [0.15, 0.2) is 11.5 Å². The molecule has 1 heterocycles. The van der Waals surface area contributed by atoms with Gasteiger partial charge in [0.2, 0.25) is 5.75 Å². The normalized spacial score (nSPS) is 13.5. The lowest BCUT2D eigenvalue weighted by atomic mass is 10.1. The summed E-state index contributed by atoms with van der Waals surface area (Å²) in [5.41, 5.74) is 0.549. The number of thiophene rings is 1. The Balaban J connectivity index is 1.92. The van der Waals surface area contributed by atoms with Gasteiger partial charge in [-0.2, -0.15) is 0 Å². The molecule has 0 bridgehead atoms. The fourth-order valence-corrected chi connectivity index (χ4v) is 3.40. The third-order valence-corrected chi connectivity index (χ3v) is 4.93. The molecule has 1 aliphatic rings. The predicted octanol–water partition coefficient (Wildman–Crippen LogP) is 3.58. The standard InChI is InChI=1S/C18H21NO4S/c1-21-15-9-12(10-16(22-2)17(15)23-3)18(20)19(13-6-7-13)11-14-5-4-8-24-14/h4-5,8-10,13H,6-7,11H2,1-3H3. The molecule has 0 N–H and O–H groups in total. The average molecular weight is 347 g/mol. The molecular weight excluding hydrogens is 326 g/mol. The van der Waals surface area contributed by atoms with E-state index in [1.165, 1.54) is 4.88 Å². The summed E-state index contributed by atoms with van der Waals surface area (Å²) >= 11 is 1.67. The van der Waals surface area contributed by atoms with Gasteiger partial charge in [0.05, 0.1) is 27.9 Å². The summed E-state index contributed by atoms with van der Waals surface area (Å²) in [6.07, 6.45) is 2.11. The van der Waals surface area contributed by atoms with Crippen molar-refractivity contribution in [2.45, 2.75) is 25.4 Å². The summed E-state index contributed by atoms with van der Waals surface area (Å²) in [5.74, 6) is 1.47. The zero-order chi connectivity index (χ0) is 17.1. The molecule has 0 unspecified atom stereocenters. The molecule has 0 radical (unpaired) electrons. The molecule has 1 fully saturated rings. The Morgan fingerprint density at radius 3 is 2.29 bits per heavy atom. The van der Waals surface area contributed by atoms with E-state index in [4.69, 9.17) is 14.2 Å². The van der Waals surface area contributed by atoms with Crippen LogP contribution >= 0.6 is 11.3 Å². The molecular formula is C18H21NO4S. The molecule has 5 nitrogen and oxygen atoms in total. The SMILES string of the molecule is COc1cc(C(=O)N(Cc2cccs2)C2CC2)cc(OC)c1OC. The van der Waals surface area contributed by atoms with Crippen LogP contribution in [0, 0.1) is 0 Å². The van der Waals surface area contributed by atoms with E-state index in [2.05, 4.69) is 6.07 Å². The van der Waals surface area contributed by atoms with Crippen LogP contribution in [0.4, 0.5) is 0 Å². The third-order valence-electron chi connectivity index (χ3n) is 4.07. The van der Waals surface area contributed by atoms with Gasteiger partial charge in [-0.25, -0.2) is 0 Å². The first-order valence-electron chi connectivity index (χ1n) is 7.81. The van der Waals surface area contributed by atoms with Crippen LogP contribution in [0.5, 0.6) is 17.2 Å². The quantitative estimate of drug-likeness (QED) is 0.768. The lowest BCUT2D eigenvalue weighted by molar-refractivity contribution is 0.0731. The Bertz CT molecular complexity index is 685. The Morgan fingerprint density at radius 1 is 1.17 bits per heavy atom. The molecule has 24 heavy (non-hydrogen) atoms. The molecule has 1 saturated carbocycles. The number of rotatable bonds is 7. The molecule has 6 heteroatoms. The van der Waals surface area contributed by atoms with Crippen molar-refractivity contribution >= 4 is 17.2 Å². The summed E-state index contributed by atoms with van der Waals surface area (Å²) in [6, 6.07) is 7.82. The van der Waals surface area contributed by atoms with Gasteiger partial charge in [-0.1, -0.05) is 6.07 Å². The van der Waals surface area contributed by atoms with Gasteiger partial charge in [-0.15, -0.1) is 11.3 Å². The maximum absolute atomic E-state index is 13.1. The van der Waals surface area contributed by atoms with E-state index >= 15 is 0 Å². The first kappa shape index (κ1) is 16.6. The van der Waals surface area contributed by atoms with Crippen LogP contribution < -0.4 is 14.2 Å². The van der Waals surface area contributed by atoms with Gasteiger partial charge in [-0.3, -0.25) is 4.79 Å². The first-order chi connectivity index (χ1) is 11.7. The molecule has 0 saturated heterocycles. The number of hydrogen-bond acceptors (Lipinski definition) is 5. The molecule has 128 valence electrons. The van der Waals surface area contributed by atoms with Crippen LogP contribution in [0.1, 0.15) is 28.1 Å². The molecule has 0 aliphatic heterocycles. The van der Waals surface area contributed by atoms with Gasteiger partial charge in [0.25, 0.3) is 5.91 Å². The van der Waals surface area contributed by atoms with Crippen molar-refractivity contribution in [1.82, 2.24) is 4.90 Å². The highest BCUT2D eigenvalue weighted by atomic mass is 32.1. The number of hydrogen-bond donors (Lipinski definition) is 0. The number of carbonyl (C=O) groups is 1. The van der Waals surface area contributed by atoms with Crippen LogP contribution in [0.15, 0.2) is 29.6 Å². The second-order valence-electron chi connectivity index (χ2n) is 5.66. The summed E-state index contributed by atoms with van der Waals surface area (Å²) in [6.45, 7) is 0.637. The number of carbonyl (C=O) groups excluding carboxylic acids is 1. The van der Waals surface area contributed by atoms with E-state index in [1.807, 2.05) is 16.3 Å². The van der Waals surface area contributed by atoms with Crippen LogP contribution in [0.2, 0.25) is 0 Å². The van der Waals surface area contributed by atoms with Gasteiger partial charge >= 0.3 is 0 Å². The first-order valence-corrected chi connectivity index (χ1v) is 8.69. The van der Waals surface area contributed by atoms with E-state index in [0.717, 1.165) is 12.8 Å². The highest BCUT2D eigenvalue weighted by Gasteiger charge is 2.34. The number of nitrogens with zero attached hydrogens (tertiary/aromatic N) is 1. The number of methoxy groups -OCH3 is 3. The zero-order valence-electron chi connectivity index (χ0n) is 14.1. The lowest BCUT2D eigenvalue weighted by Gasteiger charge is -2.23. The van der Waals surface area contributed by atoms with E-state index in [-0.39, 0.29) is 5.91 Å². The molecule has 0 spiro atoms. The van der Waals surface area contributed by atoms with Crippen molar-refractivity contribution in [3.05, 3.63) is 40.1 Å². The van der Waals surface area contributed by atoms with E-state index < -0.39 is 0 Å². The fraction of sp³-hybridized carbons (Fsp3) is 0.389. The summed E-state index contributed by atoms with van der Waals surface area (Å²) in [4.78, 5) is 16.2. The predicted molar refractivity (Wildman–Crippen MR) is 93.3 cm³/mol. The van der Waals surface area contributed by atoms with Gasteiger partial charge in [-0.05, 0) is 36.4 Å². The van der Waals surface area contributed by atoms with Gasteiger partial charge < -0.3 is 19.1 Å². The summed E-state index contributed by atoms with van der Waals surface area (Å²) in [7, 11) is 4.65. The largest absolute Gasteiger partial charge is 0.493 e. The molecule has 1 amide bonds. The Kier molecular flexibility index (Phi) is 4.94. The molecule has 0 atom stereocenters. The second kappa shape index (κ2) is 7.13. The van der Waals surface area contributed by atoms with E-state index in [0.29, 0.717) is 35.4 Å². The zero-order valence-corrected chi connectivity index (χ0v) is 14.9. The minimum absolute atomic E-state index is 0.00912. The third kappa shape index (κ3) is 3.33. The maximum Gasteiger partial charge on any atom is 0.254 e. The monoisotopic (exact) mass is 347 g/mol. The highest BCUT2D eigenvalue weighted by Crippen LogP contribution is 2.39. The lowest BCUT2D eigenvalue weighted by Crippen LogP contribution is -2.32. The topological polar surface area (TPSA) is 48.0 Å². The van der Waals surface area contributed by atoms with E-state index in [9.17, 15) is 4.79 Å². The van der Waals surface area contributed by atoms with Crippen LogP contribution in [-0.4, -0.2) is 38.2 Å². The smallest absolute Gasteiger partial charge is 0.254 e. The summed E-state index contributed by atoms with van der Waals surface area (Å²) in [5, 5.41) is 2.03. The van der Waals surface area contributed by atoms with Crippen LogP contribution in [-0.2, 0) is 6.54 Å². The molecule has 2 aromatic rings. The minimum Gasteiger partial charge on any atom is -0.493 e. The average Bonchev–Trinajstić information content (AvgIpc) is 3.33. The second-order valence-corrected chi connectivity index (χ2v) is 6.69.